The van der Waals surface area contributed by atoms with Gasteiger partial charge in [0.05, 0.1) is 4.88 Å². The summed E-state index contributed by atoms with van der Waals surface area (Å²) in [5, 5.41) is 9.48. The Morgan fingerprint density at radius 3 is 2.88 bits per heavy atom. The topological polar surface area (TPSA) is 41.6 Å². The molecule has 0 atom stereocenters. The predicted octanol–water partition coefficient (Wildman–Crippen LogP) is 3.58. The Morgan fingerprint density at radius 1 is 1.25 bits per heavy atom. The Balaban J connectivity index is 1.82. The van der Waals surface area contributed by atoms with Gasteiger partial charge < -0.3 is 0 Å². The molecule has 3 rings (SSSR count). The van der Waals surface area contributed by atoms with Gasteiger partial charge in [-0.1, -0.05) is 25.3 Å². The first-order chi connectivity index (χ1) is 7.93. The van der Waals surface area contributed by atoms with E-state index in [1.54, 1.807) is 11.3 Å². The largest absolute Gasteiger partial charge is 0.262 e. The van der Waals surface area contributed by atoms with E-state index >= 15 is 0 Å². The van der Waals surface area contributed by atoms with Crippen molar-refractivity contribution >= 4 is 11.3 Å². The van der Waals surface area contributed by atoms with Gasteiger partial charge in [0.15, 0.2) is 5.82 Å². The van der Waals surface area contributed by atoms with Crippen LogP contribution in [-0.4, -0.2) is 15.2 Å². The van der Waals surface area contributed by atoms with Crippen molar-refractivity contribution in [2.75, 3.05) is 0 Å². The first kappa shape index (κ1) is 10.0. The van der Waals surface area contributed by atoms with Gasteiger partial charge in [-0.25, -0.2) is 4.98 Å². The van der Waals surface area contributed by atoms with Gasteiger partial charge in [0.1, 0.15) is 5.82 Å². The fourth-order valence-corrected chi connectivity index (χ4v) is 3.01. The van der Waals surface area contributed by atoms with Gasteiger partial charge in [-0.15, -0.1) is 11.3 Å². The third-order valence-corrected chi connectivity index (χ3v) is 4.10. The van der Waals surface area contributed by atoms with Crippen LogP contribution in [0.1, 0.15) is 43.8 Å². The smallest absolute Gasteiger partial charge is 0.191 e. The van der Waals surface area contributed by atoms with Crippen LogP contribution in [0.4, 0.5) is 0 Å². The summed E-state index contributed by atoms with van der Waals surface area (Å²) in [7, 11) is 0. The van der Waals surface area contributed by atoms with Crippen molar-refractivity contribution in [2.45, 2.75) is 38.0 Å². The molecule has 1 N–H and O–H groups in total. The Bertz CT molecular complexity index is 441. The van der Waals surface area contributed by atoms with Gasteiger partial charge in [0, 0.05) is 5.92 Å². The van der Waals surface area contributed by atoms with Crippen molar-refractivity contribution in [3.05, 3.63) is 23.3 Å². The summed E-state index contributed by atoms with van der Waals surface area (Å²) in [6.45, 7) is 0. The van der Waals surface area contributed by atoms with Crippen LogP contribution in [0.3, 0.4) is 0 Å². The summed E-state index contributed by atoms with van der Waals surface area (Å²) in [5.41, 5.74) is 0. The highest BCUT2D eigenvalue weighted by atomic mass is 32.1. The minimum atomic E-state index is 0.606. The van der Waals surface area contributed by atoms with E-state index in [1.165, 1.54) is 32.1 Å². The summed E-state index contributed by atoms with van der Waals surface area (Å²) in [4.78, 5) is 5.77. The third kappa shape index (κ3) is 1.89. The van der Waals surface area contributed by atoms with E-state index in [0.717, 1.165) is 16.5 Å². The number of thiophene rings is 1. The highest BCUT2D eigenvalue weighted by molar-refractivity contribution is 7.13. The van der Waals surface area contributed by atoms with Crippen LogP contribution in [-0.2, 0) is 0 Å². The van der Waals surface area contributed by atoms with E-state index in [2.05, 4.69) is 26.6 Å². The second-order valence-electron chi connectivity index (χ2n) is 4.36. The number of nitrogens with one attached hydrogen (secondary N) is 1. The van der Waals surface area contributed by atoms with Crippen LogP contribution in [0.2, 0.25) is 0 Å². The van der Waals surface area contributed by atoms with Crippen LogP contribution in [0.15, 0.2) is 17.5 Å². The van der Waals surface area contributed by atoms with Crippen molar-refractivity contribution < 1.29 is 0 Å². The van der Waals surface area contributed by atoms with Gasteiger partial charge in [-0.2, -0.15) is 5.10 Å². The van der Waals surface area contributed by atoms with Crippen molar-refractivity contribution in [3.8, 4) is 10.7 Å². The highest BCUT2D eigenvalue weighted by Gasteiger charge is 2.19. The number of hydrogen-bond acceptors (Lipinski definition) is 3. The first-order valence-corrected chi connectivity index (χ1v) is 6.77. The quantitative estimate of drug-likeness (QED) is 0.861. The van der Waals surface area contributed by atoms with Gasteiger partial charge in [-0.3, -0.25) is 5.10 Å². The number of aromatic nitrogens is 3. The lowest BCUT2D eigenvalue weighted by Gasteiger charge is -2.18. The van der Waals surface area contributed by atoms with Gasteiger partial charge in [0.2, 0.25) is 0 Å². The average Bonchev–Trinajstić information content (AvgIpc) is 3.01. The summed E-state index contributed by atoms with van der Waals surface area (Å²) in [5.74, 6) is 2.55. The third-order valence-electron chi connectivity index (χ3n) is 3.24. The SMILES string of the molecule is c1csc(-c2n[nH]c(C3CCCCC3)n2)c1. The number of rotatable bonds is 2. The molecule has 4 heteroatoms. The van der Waals surface area contributed by atoms with Crippen molar-refractivity contribution in [3.63, 3.8) is 0 Å². The predicted molar refractivity (Wildman–Crippen MR) is 65.5 cm³/mol. The molecule has 0 aliphatic heterocycles. The molecule has 0 unspecified atom stereocenters. The molecule has 2 heterocycles. The molecule has 1 saturated carbocycles. The minimum absolute atomic E-state index is 0.606. The number of nitrogens with zero attached hydrogens (tertiary/aromatic N) is 2. The van der Waals surface area contributed by atoms with E-state index in [1.807, 2.05) is 6.07 Å². The Morgan fingerprint density at radius 2 is 2.12 bits per heavy atom. The standard InChI is InChI=1S/C12H15N3S/c1-2-5-9(6-3-1)11-13-12(15-14-11)10-7-4-8-16-10/h4,7-9H,1-3,5-6H2,(H,13,14,15). The van der Waals surface area contributed by atoms with E-state index in [4.69, 9.17) is 0 Å². The van der Waals surface area contributed by atoms with Crippen LogP contribution in [0.25, 0.3) is 10.7 Å². The Hall–Kier alpha value is -1.16. The molecule has 16 heavy (non-hydrogen) atoms. The van der Waals surface area contributed by atoms with Crippen molar-refractivity contribution in [1.29, 1.82) is 0 Å². The Labute approximate surface area is 98.9 Å². The maximum atomic E-state index is 4.62. The number of hydrogen-bond donors (Lipinski definition) is 1. The molecule has 0 spiro atoms. The van der Waals surface area contributed by atoms with Crippen molar-refractivity contribution in [2.24, 2.45) is 0 Å². The molecular formula is C12H15N3S. The van der Waals surface area contributed by atoms with Crippen LogP contribution in [0, 0.1) is 0 Å². The fourth-order valence-electron chi connectivity index (χ4n) is 2.35. The fraction of sp³-hybridized carbons (Fsp3) is 0.500. The summed E-state index contributed by atoms with van der Waals surface area (Å²) >= 11 is 1.69. The molecule has 2 aromatic heterocycles. The number of H-pyrrole nitrogens is 1. The molecule has 1 aliphatic carbocycles. The maximum absolute atomic E-state index is 4.62. The lowest BCUT2D eigenvalue weighted by Crippen LogP contribution is -2.06. The molecule has 0 bridgehead atoms. The molecule has 0 aromatic carbocycles. The molecule has 3 nitrogen and oxygen atoms in total. The van der Waals surface area contributed by atoms with Crippen LogP contribution >= 0.6 is 11.3 Å². The van der Waals surface area contributed by atoms with E-state index in [9.17, 15) is 0 Å². The van der Waals surface area contributed by atoms with Gasteiger partial charge >= 0.3 is 0 Å². The molecule has 2 aromatic rings. The van der Waals surface area contributed by atoms with Crippen LogP contribution in [0.5, 0.6) is 0 Å². The lowest BCUT2D eigenvalue weighted by atomic mass is 9.89. The normalized spacial score (nSPS) is 17.8. The molecule has 1 fully saturated rings. The maximum Gasteiger partial charge on any atom is 0.191 e. The lowest BCUT2D eigenvalue weighted by molar-refractivity contribution is 0.429. The monoisotopic (exact) mass is 233 g/mol. The zero-order valence-corrected chi connectivity index (χ0v) is 9.96. The molecule has 0 saturated heterocycles. The second-order valence-corrected chi connectivity index (χ2v) is 5.30. The van der Waals surface area contributed by atoms with E-state index in [0.29, 0.717) is 5.92 Å². The van der Waals surface area contributed by atoms with Gasteiger partial charge in [-0.05, 0) is 24.3 Å². The second kappa shape index (κ2) is 4.37. The summed E-state index contributed by atoms with van der Waals surface area (Å²) in [6, 6.07) is 4.11. The highest BCUT2D eigenvalue weighted by Crippen LogP contribution is 2.31. The molecule has 0 radical (unpaired) electrons. The summed E-state index contributed by atoms with van der Waals surface area (Å²) < 4.78 is 0. The first-order valence-electron chi connectivity index (χ1n) is 5.89. The Kier molecular flexibility index (Phi) is 2.74. The van der Waals surface area contributed by atoms with Crippen molar-refractivity contribution in [1.82, 2.24) is 15.2 Å². The summed E-state index contributed by atoms with van der Waals surface area (Å²) in [6.07, 6.45) is 6.57. The van der Waals surface area contributed by atoms with Gasteiger partial charge in [0.25, 0.3) is 0 Å². The van der Waals surface area contributed by atoms with E-state index in [-0.39, 0.29) is 0 Å². The molecule has 84 valence electrons. The molecule has 1 aliphatic rings. The molecule has 0 amide bonds. The zero-order valence-electron chi connectivity index (χ0n) is 9.15. The number of aromatic amines is 1. The zero-order chi connectivity index (χ0) is 10.8. The molecular weight excluding hydrogens is 218 g/mol. The van der Waals surface area contributed by atoms with E-state index < -0.39 is 0 Å². The average molecular weight is 233 g/mol. The minimum Gasteiger partial charge on any atom is -0.262 e. The van der Waals surface area contributed by atoms with Crippen LogP contribution < -0.4 is 0 Å².